The minimum absolute atomic E-state index is 0.0896. The van der Waals surface area contributed by atoms with E-state index in [0.29, 0.717) is 18.5 Å². The topological polar surface area (TPSA) is 67.2 Å². The van der Waals surface area contributed by atoms with Crippen LogP contribution in [0, 0.1) is 6.92 Å². The summed E-state index contributed by atoms with van der Waals surface area (Å²) in [4.78, 5) is 11.5. The molecule has 0 aliphatic rings. The Bertz CT molecular complexity index is 320. The molecule has 2 N–H and O–H groups in total. The Labute approximate surface area is 82.7 Å². The maximum absolute atomic E-state index is 11.5. The van der Waals surface area contributed by atoms with Gasteiger partial charge in [0.2, 0.25) is 0 Å². The van der Waals surface area contributed by atoms with Gasteiger partial charge in [-0.3, -0.25) is 9.48 Å². The van der Waals surface area contributed by atoms with Crippen LogP contribution in [-0.2, 0) is 7.05 Å². The zero-order valence-corrected chi connectivity index (χ0v) is 8.45. The van der Waals surface area contributed by atoms with Gasteiger partial charge in [-0.05, 0) is 13.3 Å². The number of aliphatic hydroxyl groups is 1. The standard InChI is InChI=1S/C9H15N3O2/c1-7-8(6-11-12(7)2)9(14)10-4-3-5-13/h6,13H,3-5H2,1-2H3,(H,10,14). The van der Waals surface area contributed by atoms with Crippen molar-refractivity contribution in [3.8, 4) is 0 Å². The van der Waals surface area contributed by atoms with Crippen molar-refractivity contribution in [2.24, 2.45) is 7.05 Å². The summed E-state index contributed by atoms with van der Waals surface area (Å²) >= 11 is 0. The summed E-state index contributed by atoms with van der Waals surface area (Å²) in [6, 6.07) is 0. The van der Waals surface area contributed by atoms with Gasteiger partial charge in [0.1, 0.15) is 0 Å². The lowest BCUT2D eigenvalue weighted by Gasteiger charge is -2.02. The molecule has 0 fully saturated rings. The van der Waals surface area contributed by atoms with E-state index in [2.05, 4.69) is 10.4 Å². The van der Waals surface area contributed by atoms with E-state index >= 15 is 0 Å². The van der Waals surface area contributed by atoms with Crippen LogP contribution in [0.1, 0.15) is 22.5 Å². The fourth-order valence-corrected chi connectivity index (χ4v) is 1.10. The minimum atomic E-state index is -0.135. The lowest BCUT2D eigenvalue weighted by molar-refractivity contribution is 0.0950. The number of carbonyl (C=O) groups is 1. The van der Waals surface area contributed by atoms with Gasteiger partial charge >= 0.3 is 0 Å². The Morgan fingerprint density at radius 1 is 1.71 bits per heavy atom. The largest absolute Gasteiger partial charge is 0.396 e. The third-order valence-electron chi connectivity index (χ3n) is 2.10. The van der Waals surface area contributed by atoms with Crippen molar-refractivity contribution in [3.63, 3.8) is 0 Å². The summed E-state index contributed by atoms with van der Waals surface area (Å²) in [5.41, 5.74) is 1.43. The van der Waals surface area contributed by atoms with Gasteiger partial charge in [-0.2, -0.15) is 5.10 Å². The van der Waals surface area contributed by atoms with Crippen LogP contribution in [0.5, 0.6) is 0 Å². The average Bonchev–Trinajstić information content (AvgIpc) is 2.48. The minimum Gasteiger partial charge on any atom is -0.396 e. The number of nitrogens with zero attached hydrogens (tertiary/aromatic N) is 2. The molecule has 78 valence electrons. The van der Waals surface area contributed by atoms with Crippen molar-refractivity contribution in [2.75, 3.05) is 13.2 Å². The summed E-state index contributed by atoms with van der Waals surface area (Å²) in [7, 11) is 1.79. The van der Waals surface area contributed by atoms with E-state index in [0.717, 1.165) is 5.69 Å². The first-order valence-electron chi connectivity index (χ1n) is 4.54. The summed E-state index contributed by atoms with van der Waals surface area (Å²) in [5, 5.41) is 15.2. The predicted octanol–water partition coefficient (Wildman–Crippen LogP) is -0.159. The lowest BCUT2D eigenvalue weighted by atomic mass is 10.2. The molecule has 1 aromatic rings. The lowest BCUT2D eigenvalue weighted by Crippen LogP contribution is -2.25. The molecule has 0 aliphatic heterocycles. The maximum Gasteiger partial charge on any atom is 0.254 e. The number of rotatable bonds is 4. The van der Waals surface area contributed by atoms with Crippen molar-refractivity contribution in [3.05, 3.63) is 17.5 Å². The Balaban J connectivity index is 2.56. The summed E-state index contributed by atoms with van der Waals surface area (Å²) in [6.45, 7) is 2.42. The SMILES string of the molecule is Cc1c(C(=O)NCCCO)cnn1C. The number of amides is 1. The van der Waals surface area contributed by atoms with Crippen molar-refractivity contribution in [1.82, 2.24) is 15.1 Å². The van der Waals surface area contributed by atoms with E-state index < -0.39 is 0 Å². The molecule has 0 saturated heterocycles. The number of nitrogens with one attached hydrogen (secondary N) is 1. The Morgan fingerprint density at radius 3 is 2.93 bits per heavy atom. The van der Waals surface area contributed by atoms with Gasteiger partial charge in [0, 0.05) is 25.9 Å². The summed E-state index contributed by atoms with van der Waals surface area (Å²) < 4.78 is 1.65. The van der Waals surface area contributed by atoms with E-state index in [-0.39, 0.29) is 12.5 Å². The van der Waals surface area contributed by atoms with E-state index in [1.165, 1.54) is 0 Å². The number of carbonyl (C=O) groups excluding carboxylic acids is 1. The molecule has 0 aromatic carbocycles. The smallest absolute Gasteiger partial charge is 0.254 e. The van der Waals surface area contributed by atoms with Crippen LogP contribution in [0.15, 0.2) is 6.20 Å². The number of aliphatic hydroxyl groups excluding tert-OH is 1. The predicted molar refractivity (Wildman–Crippen MR) is 52.0 cm³/mol. The highest BCUT2D eigenvalue weighted by molar-refractivity contribution is 5.94. The van der Waals surface area contributed by atoms with E-state index in [4.69, 9.17) is 5.11 Å². The van der Waals surface area contributed by atoms with Gasteiger partial charge in [0.15, 0.2) is 0 Å². The molecule has 0 bridgehead atoms. The third-order valence-corrected chi connectivity index (χ3v) is 2.10. The van der Waals surface area contributed by atoms with Crippen LogP contribution in [0.25, 0.3) is 0 Å². The molecular weight excluding hydrogens is 182 g/mol. The quantitative estimate of drug-likeness (QED) is 0.659. The number of aryl methyl sites for hydroxylation is 1. The number of aromatic nitrogens is 2. The first-order valence-corrected chi connectivity index (χ1v) is 4.54. The molecule has 5 nitrogen and oxygen atoms in total. The Hall–Kier alpha value is -1.36. The van der Waals surface area contributed by atoms with Crippen molar-refractivity contribution in [1.29, 1.82) is 0 Å². The van der Waals surface area contributed by atoms with Crippen LogP contribution in [0.3, 0.4) is 0 Å². The molecule has 0 unspecified atom stereocenters. The van der Waals surface area contributed by atoms with Gasteiger partial charge < -0.3 is 10.4 Å². The molecule has 1 heterocycles. The number of hydrogen-bond donors (Lipinski definition) is 2. The zero-order valence-electron chi connectivity index (χ0n) is 8.45. The molecule has 0 spiro atoms. The highest BCUT2D eigenvalue weighted by atomic mass is 16.3. The Kier molecular flexibility index (Phi) is 3.64. The van der Waals surface area contributed by atoms with E-state index in [9.17, 15) is 4.79 Å². The van der Waals surface area contributed by atoms with Gasteiger partial charge in [-0.25, -0.2) is 0 Å². The molecule has 5 heteroatoms. The second-order valence-electron chi connectivity index (χ2n) is 3.10. The monoisotopic (exact) mass is 197 g/mol. The molecule has 1 aromatic heterocycles. The van der Waals surface area contributed by atoms with Gasteiger partial charge in [0.05, 0.1) is 11.8 Å². The fraction of sp³-hybridized carbons (Fsp3) is 0.556. The molecular formula is C9H15N3O2. The average molecular weight is 197 g/mol. The molecule has 0 atom stereocenters. The first kappa shape index (κ1) is 10.7. The highest BCUT2D eigenvalue weighted by Gasteiger charge is 2.11. The fourth-order valence-electron chi connectivity index (χ4n) is 1.10. The molecule has 1 amide bonds. The third kappa shape index (κ3) is 2.32. The Morgan fingerprint density at radius 2 is 2.43 bits per heavy atom. The van der Waals surface area contributed by atoms with Crippen LogP contribution in [0.2, 0.25) is 0 Å². The van der Waals surface area contributed by atoms with Crippen molar-refractivity contribution >= 4 is 5.91 Å². The molecule has 0 aliphatic carbocycles. The van der Waals surface area contributed by atoms with Crippen LogP contribution >= 0.6 is 0 Å². The van der Waals surface area contributed by atoms with E-state index in [1.807, 2.05) is 6.92 Å². The van der Waals surface area contributed by atoms with Crippen LogP contribution in [-0.4, -0.2) is 33.9 Å². The second kappa shape index (κ2) is 4.76. The molecule has 0 saturated carbocycles. The normalized spacial score (nSPS) is 10.2. The highest BCUT2D eigenvalue weighted by Crippen LogP contribution is 2.04. The number of hydrogen-bond acceptors (Lipinski definition) is 3. The first-order chi connectivity index (χ1) is 6.66. The van der Waals surface area contributed by atoms with E-state index in [1.54, 1.807) is 17.9 Å². The van der Waals surface area contributed by atoms with Crippen LogP contribution < -0.4 is 5.32 Å². The molecule has 1 rings (SSSR count). The van der Waals surface area contributed by atoms with Crippen LogP contribution in [0.4, 0.5) is 0 Å². The van der Waals surface area contributed by atoms with Crippen molar-refractivity contribution in [2.45, 2.75) is 13.3 Å². The van der Waals surface area contributed by atoms with Gasteiger partial charge in [-0.15, -0.1) is 0 Å². The summed E-state index contributed by atoms with van der Waals surface area (Å²) in [6.07, 6.45) is 2.12. The van der Waals surface area contributed by atoms with Crippen molar-refractivity contribution < 1.29 is 9.90 Å². The zero-order chi connectivity index (χ0) is 10.6. The maximum atomic E-state index is 11.5. The second-order valence-corrected chi connectivity index (χ2v) is 3.10. The molecule has 0 radical (unpaired) electrons. The summed E-state index contributed by atoms with van der Waals surface area (Å²) in [5.74, 6) is -0.135. The molecule has 14 heavy (non-hydrogen) atoms. The van der Waals surface area contributed by atoms with Gasteiger partial charge in [0.25, 0.3) is 5.91 Å². The van der Waals surface area contributed by atoms with Gasteiger partial charge in [-0.1, -0.05) is 0 Å².